The number of hydrogen-bond acceptors (Lipinski definition) is 5. The molecule has 3 N–H and O–H groups in total. The second-order valence-electron chi connectivity index (χ2n) is 5.86. The summed E-state index contributed by atoms with van der Waals surface area (Å²) in [4.78, 5) is 24.2. The number of amides is 2. The van der Waals surface area contributed by atoms with Crippen LogP contribution < -0.4 is 20.7 Å². The average Bonchev–Trinajstić information content (AvgIpc) is 2.71. The summed E-state index contributed by atoms with van der Waals surface area (Å²) in [5, 5.41) is 8.57. The van der Waals surface area contributed by atoms with Crippen molar-refractivity contribution in [2.75, 3.05) is 44.0 Å². The molecule has 2 rings (SSSR count). The third-order valence-corrected chi connectivity index (χ3v) is 3.66. The molecule has 0 saturated carbocycles. The Kier molecular flexibility index (Phi) is 8.55. The summed E-state index contributed by atoms with van der Waals surface area (Å²) in [6.07, 6.45) is 1.65. The fraction of sp³-hybridized carbons (Fsp3) is 0.238. The van der Waals surface area contributed by atoms with Crippen molar-refractivity contribution in [3.8, 4) is 5.75 Å². The van der Waals surface area contributed by atoms with Gasteiger partial charge >= 0.3 is 0 Å². The summed E-state index contributed by atoms with van der Waals surface area (Å²) < 4.78 is 10.4. The Morgan fingerprint density at radius 2 is 1.89 bits per heavy atom. The molecule has 2 aromatic carbocycles. The van der Waals surface area contributed by atoms with Gasteiger partial charge in [0.1, 0.15) is 12.4 Å². The van der Waals surface area contributed by atoms with E-state index in [1.54, 1.807) is 61.7 Å². The number of carbonyl (C=O) groups excluding carboxylic acids is 2. The highest BCUT2D eigenvalue weighted by Gasteiger charge is 2.07. The Morgan fingerprint density at radius 3 is 2.68 bits per heavy atom. The highest BCUT2D eigenvalue weighted by Crippen LogP contribution is 2.17. The Morgan fingerprint density at radius 1 is 1.11 bits per heavy atom. The lowest BCUT2D eigenvalue weighted by Crippen LogP contribution is -2.27. The van der Waals surface area contributed by atoms with E-state index in [1.807, 2.05) is 0 Å². The van der Waals surface area contributed by atoms with Crippen molar-refractivity contribution in [1.29, 1.82) is 0 Å². The fourth-order valence-electron chi connectivity index (χ4n) is 2.35. The maximum absolute atomic E-state index is 12.2. The summed E-state index contributed by atoms with van der Waals surface area (Å²) in [7, 11) is 1.58. The van der Waals surface area contributed by atoms with Crippen LogP contribution in [0.15, 0.2) is 61.2 Å². The van der Waals surface area contributed by atoms with Crippen LogP contribution in [0.25, 0.3) is 0 Å². The zero-order chi connectivity index (χ0) is 20.2. The standard InChI is InChI=1S/C21H25N3O4/c1-3-11-28-19-9-5-8-18(14-19)24-20(25)15-23-17-7-4-6-16(13-17)21(26)22-10-12-27-2/h3-9,13-14,23H,1,10-12,15H2,2H3,(H,22,26)(H,24,25). The average molecular weight is 383 g/mol. The Bertz CT molecular complexity index is 808. The second-order valence-corrected chi connectivity index (χ2v) is 5.86. The Labute approximate surface area is 164 Å². The summed E-state index contributed by atoms with van der Waals surface area (Å²) in [6, 6.07) is 14.1. The number of ether oxygens (including phenoxy) is 2. The van der Waals surface area contributed by atoms with Gasteiger partial charge in [0.15, 0.2) is 0 Å². The van der Waals surface area contributed by atoms with Gasteiger partial charge < -0.3 is 25.4 Å². The molecule has 0 saturated heterocycles. The lowest BCUT2D eigenvalue weighted by Gasteiger charge is -2.10. The predicted octanol–water partition coefficient (Wildman–Crippen LogP) is 2.68. The van der Waals surface area contributed by atoms with Crippen LogP contribution in [-0.4, -0.2) is 45.2 Å². The monoisotopic (exact) mass is 383 g/mol. The molecule has 0 aromatic heterocycles. The predicted molar refractivity (Wildman–Crippen MR) is 110 cm³/mol. The molecule has 0 aliphatic carbocycles. The van der Waals surface area contributed by atoms with Crippen molar-refractivity contribution in [1.82, 2.24) is 5.32 Å². The highest BCUT2D eigenvalue weighted by molar-refractivity contribution is 5.96. The number of rotatable bonds is 11. The van der Waals surface area contributed by atoms with Crippen LogP contribution >= 0.6 is 0 Å². The Hall–Kier alpha value is -3.32. The molecule has 0 spiro atoms. The fourth-order valence-corrected chi connectivity index (χ4v) is 2.35. The maximum Gasteiger partial charge on any atom is 0.251 e. The van der Waals surface area contributed by atoms with Crippen molar-refractivity contribution in [2.45, 2.75) is 0 Å². The topological polar surface area (TPSA) is 88.7 Å². The van der Waals surface area contributed by atoms with E-state index in [-0.39, 0.29) is 18.4 Å². The minimum atomic E-state index is -0.212. The number of benzene rings is 2. The number of anilines is 2. The summed E-state index contributed by atoms with van der Waals surface area (Å²) >= 11 is 0. The first-order valence-corrected chi connectivity index (χ1v) is 8.87. The smallest absolute Gasteiger partial charge is 0.251 e. The third-order valence-electron chi connectivity index (χ3n) is 3.66. The van der Waals surface area contributed by atoms with E-state index in [0.717, 1.165) is 0 Å². The minimum absolute atomic E-state index is 0.0620. The number of methoxy groups -OCH3 is 1. The van der Waals surface area contributed by atoms with E-state index < -0.39 is 0 Å². The van der Waals surface area contributed by atoms with E-state index >= 15 is 0 Å². The van der Waals surface area contributed by atoms with Crippen LogP contribution in [0.3, 0.4) is 0 Å². The Balaban J connectivity index is 1.86. The van der Waals surface area contributed by atoms with Crippen molar-refractivity contribution < 1.29 is 19.1 Å². The molecule has 0 atom stereocenters. The normalized spacial score (nSPS) is 10.0. The van der Waals surface area contributed by atoms with Gasteiger partial charge in [-0.1, -0.05) is 24.8 Å². The zero-order valence-electron chi connectivity index (χ0n) is 15.9. The van der Waals surface area contributed by atoms with E-state index in [1.165, 1.54) is 0 Å². The quantitative estimate of drug-likeness (QED) is 0.410. The van der Waals surface area contributed by atoms with Gasteiger partial charge in [-0.25, -0.2) is 0 Å². The molecular formula is C21H25N3O4. The molecule has 0 aliphatic rings. The van der Waals surface area contributed by atoms with E-state index in [4.69, 9.17) is 9.47 Å². The molecule has 0 heterocycles. The van der Waals surface area contributed by atoms with Gasteiger partial charge in [0.05, 0.1) is 13.2 Å². The molecule has 0 unspecified atom stereocenters. The van der Waals surface area contributed by atoms with Gasteiger partial charge in [-0.2, -0.15) is 0 Å². The summed E-state index contributed by atoms with van der Waals surface area (Å²) in [5.41, 5.74) is 1.82. The molecule has 0 radical (unpaired) electrons. The van der Waals surface area contributed by atoms with E-state index in [0.29, 0.717) is 42.4 Å². The van der Waals surface area contributed by atoms with Crippen LogP contribution in [0.2, 0.25) is 0 Å². The molecule has 0 fully saturated rings. The lowest BCUT2D eigenvalue weighted by atomic mass is 10.2. The first-order valence-electron chi connectivity index (χ1n) is 8.87. The first kappa shape index (κ1) is 21.0. The molecule has 28 heavy (non-hydrogen) atoms. The van der Waals surface area contributed by atoms with Crippen molar-refractivity contribution >= 4 is 23.2 Å². The molecule has 7 nitrogen and oxygen atoms in total. The minimum Gasteiger partial charge on any atom is -0.489 e. The largest absolute Gasteiger partial charge is 0.489 e. The first-order chi connectivity index (χ1) is 13.6. The lowest BCUT2D eigenvalue weighted by molar-refractivity contribution is -0.114. The number of nitrogens with one attached hydrogen (secondary N) is 3. The molecule has 148 valence electrons. The highest BCUT2D eigenvalue weighted by atomic mass is 16.5. The number of carbonyl (C=O) groups is 2. The van der Waals surface area contributed by atoms with Gasteiger partial charge in [-0.05, 0) is 30.3 Å². The van der Waals surface area contributed by atoms with Crippen molar-refractivity contribution in [2.24, 2.45) is 0 Å². The van der Waals surface area contributed by atoms with Crippen molar-refractivity contribution in [3.05, 3.63) is 66.7 Å². The molecule has 2 aromatic rings. The van der Waals surface area contributed by atoms with Crippen LogP contribution in [0, 0.1) is 0 Å². The molecule has 2 amide bonds. The summed E-state index contributed by atoms with van der Waals surface area (Å²) in [6.45, 7) is 4.94. The molecule has 7 heteroatoms. The van der Waals surface area contributed by atoms with Gasteiger partial charge in [0, 0.05) is 36.7 Å². The van der Waals surface area contributed by atoms with E-state index in [2.05, 4.69) is 22.5 Å². The van der Waals surface area contributed by atoms with Gasteiger partial charge in [-0.15, -0.1) is 0 Å². The van der Waals surface area contributed by atoms with Crippen LogP contribution in [0.5, 0.6) is 5.75 Å². The summed E-state index contributed by atoms with van der Waals surface area (Å²) in [5.74, 6) is 0.246. The molecule has 0 aliphatic heterocycles. The van der Waals surface area contributed by atoms with Crippen molar-refractivity contribution in [3.63, 3.8) is 0 Å². The van der Waals surface area contributed by atoms with Crippen LogP contribution in [-0.2, 0) is 9.53 Å². The van der Waals surface area contributed by atoms with Gasteiger partial charge in [0.2, 0.25) is 5.91 Å². The van der Waals surface area contributed by atoms with Crippen LogP contribution in [0.4, 0.5) is 11.4 Å². The number of hydrogen-bond donors (Lipinski definition) is 3. The zero-order valence-corrected chi connectivity index (χ0v) is 15.9. The second kappa shape index (κ2) is 11.4. The van der Waals surface area contributed by atoms with E-state index in [9.17, 15) is 9.59 Å². The maximum atomic E-state index is 12.2. The van der Waals surface area contributed by atoms with Gasteiger partial charge in [-0.3, -0.25) is 9.59 Å². The third kappa shape index (κ3) is 7.13. The van der Waals surface area contributed by atoms with Crippen LogP contribution in [0.1, 0.15) is 10.4 Å². The molecular weight excluding hydrogens is 358 g/mol. The van der Waals surface area contributed by atoms with Gasteiger partial charge in [0.25, 0.3) is 5.91 Å². The molecule has 0 bridgehead atoms. The SMILES string of the molecule is C=CCOc1cccc(NC(=O)CNc2cccc(C(=O)NCCOC)c2)c1.